The molecule has 1 fully saturated rings. The maximum Gasteiger partial charge on any atom is 0.243 e. The maximum absolute atomic E-state index is 13.1. The Kier molecular flexibility index (Phi) is 9.17. The summed E-state index contributed by atoms with van der Waals surface area (Å²) in [6.07, 6.45) is 0.878. The Labute approximate surface area is 169 Å². The highest BCUT2D eigenvalue weighted by atomic mass is 32.2. The number of piperazine rings is 1. The number of guanidine groups is 1. The first-order valence-electron chi connectivity index (χ1n) is 9.78. The largest absolute Gasteiger partial charge is 0.382 e. The number of hydrogen-bond acceptors (Lipinski definition) is 5. The van der Waals surface area contributed by atoms with Crippen LogP contribution in [0.25, 0.3) is 0 Å². The monoisotopic (exact) mass is 411 g/mol. The van der Waals surface area contributed by atoms with Crippen LogP contribution in [0.2, 0.25) is 0 Å². The van der Waals surface area contributed by atoms with Crippen molar-refractivity contribution in [1.82, 2.24) is 19.8 Å². The van der Waals surface area contributed by atoms with Gasteiger partial charge in [-0.3, -0.25) is 4.99 Å². The summed E-state index contributed by atoms with van der Waals surface area (Å²) in [7, 11) is 0.200. The van der Waals surface area contributed by atoms with Gasteiger partial charge in [0.1, 0.15) is 0 Å². The van der Waals surface area contributed by atoms with E-state index >= 15 is 0 Å². The van der Waals surface area contributed by atoms with Gasteiger partial charge in [0.2, 0.25) is 10.0 Å². The van der Waals surface area contributed by atoms with Crippen LogP contribution in [0.3, 0.4) is 0 Å². The zero-order valence-electron chi connectivity index (χ0n) is 17.1. The SMILES string of the molecule is CCOCCCNC(=NC)NCc1ccccc1S(=O)(=O)N1CCN(C)CC1. The summed E-state index contributed by atoms with van der Waals surface area (Å²) in [5.41, 5.74) is 0.735. The van der Waals surface area contributed by atoms with Crippen molar-refractivity contribution in [2.24, 2.45) is 4.99 Å². The second-order valence-corrected chi connectivity index (χ2v) is 8.62. The number of benzene rings is 1. The number of nitrogens with zero attached hydrogens (tertiary/aromatic N) is 3. The molecule has 0 saturated carbocycles. The van der Waals surface area contributed by atoms with Gasteiger partial charge >= 0.3 is 0 Å². The summed E-state index contributed by atoms with van der Waals surface area (Å²) >= 11 is 0. The number of sulfonamides is 1. The van der Waals surface area contributed by atoms with E-state index in [0.29, 0.717) is 43.7 Å². The van der Waals surface area contributed by atoms with Crippen molar-refractivity contribution in [1.29, 1.82) is 0 Å². The molecule has 0 atom stereocenters. The van der Waals surface area contributed by atoms with E-state index in [4.69, 9.17) is 4.74 Å². The number of hydrogen-bond donors (Lipinski definition) is 2. The predicted octanol–water partition coefficient (Wildman–Crippen LogP) is 0.714. The van der Waals surface area contributed by atoms with E-state index in [-0.39, 0.29) is 0 Å². The minimum atomic E-state index is -3.51. The van der Waals surface area contributed by atoms with Gasteiger partial charge in [-0.15, -0.1) is 0 Å². The minimum absolute atomic E-state index is 0.360. The Balaban J connectivity index is 1.99. The summed E-state index contributed by atoms with van der Waals surface area (Å²) in [6.45, 7) is 7.04. The average molecular weight is 412 g/mol. The van der Waals surface area contributed by atoms with Crippen LogP contribution in [0.4, 0.5) is 0 Å². The summed E-state index contributed by atoms with van der Waals surface area (Å²) in [4.78, 5) is 6.70. The highest BCUT2D eigenvalue weighted by Gasteiger charge is 2.29. The van der Waals surface area contributed by atoms with Crippen molar-refractivity contribution in [2.45, 2.75) is 24.8 Å². The molecule has 2 N–H and O–H groups in total. The highest BCUT2D eigenvalue weighted by molar-refractivity contribution is 7.89. The number of ether oxygens (including phenoxy) is 1. The van der Waals surface area contributed by atoms with E-state index in [1.165, 1.54) is 0 Å². The maximum atomic E-state index is 13.1. The lowest BCUT2D eigenvalue weighted by Gasteiger charge is -2.32. The molecule has 9 heteroatoms. The van der Waals surface area contributed by atoms with Crippen molar-refractivity contribution in [3.63, 3.8) is 0 Å². The van der Waals surface area contributed by atoms with E-state index in [1.807, 2.05) is 26.1 Å². The number of likely N-dealkylation sites (N-methyl/N-ethyl adjacent to an activating group) is 1. The van der Waals surface area contributed by atoms with Crippen LogP contribution < -0.4 is 10.6 Å². The first-order valence-corrected chi connectivity index (χ1v) is 11.2. The molecule has 1 aliphatic heterocycles. The molecular formula is C19H33N5O3S. The van der Waals surface area contributed by atoms with Gasteiger partial charge in [-0.1, -0.05) is 18.2 Å². The molecular weight excluding hydrogens is 378 g/mol. The van der Waals surface area contributed by atoms with Gasteiger partial charge in [-0.2, -0.15) is 4.31 Å². The van der Waals surface area contributed by atoms with E-state index in [1.54, 1.807) is 23.5 Å². The molecule has 0 aliphatic carbocycles. The highest BCUT2D eigenvalue weighted by Crippen LogP contribution is 2.21. The average Bonchev–Trinajstić information content (AvgIpc) is 2.70. The van der Waals surface area contributed by atoms with E-state index < -0.39 is 10.0 Å². The van der Waals surface area contributed by atoms with Crippen LogP contribution in [-0.2, 0) is 21.3 Å². The number of rotatable bonds is 9. The molecule has 0 radical (unpaired) electrons. The number of aliphatic imine (C=N–C) groups is 1. The molecule has 0 spiro atoms. The molecule has 1 aromatic rings. The lowest BCUT2D eigenvalue weighted by atomic mass is 10.2. The summed E-state index contributed by atoms with van der Waals surface area (Å²) in [5.74, 6) is 0.642. The van der Waals surface area contributed by atoms with Gasteiger partial charge < -0.3 is 20.3 Å². The van der Waals surface area contributed by atoms with Gasteiger partial charge in [0, 0.05) is 59.5 Å². The second-order valence-electron chi connectivity index (χ2n) is 6.72. The molecule has 8 nitrogen and oxygen atoms in total. The zero-order chi connectivity index (χ0) is 20.4. The third-order valence-corrected chi connectivity index (χ3v) is 6.68. The van der Waals surface area contributed by atoms with Crippen molar-refractivity contribution in [3.8, 4) is 0 Å². The Hall–Kier alpha value is -1.68. The summed E-state index contributed by atoms with van der Waals surface area (Å²) in [5, 5.41) is 6.42. The van der Waals surface area contributed by atoms with E-state index in [0.717, 1.165) is 31.6 Å². The molecule has 0 bridgehead atoms. The molecule has 0 amide bonds. The topological polar surface area (TPSA) is 86.3 Å². The van der Waals surface area contributed by atoms with Gasteiger partial charge in [-0.05, 0) is 32.0 Å². The third kappa shape index (κ3) is 6.44. The predicted molar refractivity (Wildman–Crippen MR) is 112 cm³/mol. The first kappa shape index (κ1) is 22.6. The fraction of sp³-hybridized carbons (Fsp3) is 0.632. The van der Waals surface area contributed by atoms with Gasteiger partial charge in [-0.25, -0.2) is 8.42 Å². The zero-order valence-corrected chi connectivity index (χ0v) is 18.0. The van der Waals surface area contributed by atoms with Crippen LogP contribution >= 0.6 is 0 Å². The van der Waals surface area contributed by atoms with Crippen molar-refractivity contribution in [3.05, 3.63) is 29.8 Å². The molecule has 1 heterocycles. The Morgan fingerprint density at radius 1 is 1.18 bits per heavy atom. The minimum Gasteiger partial charge on any atom is -0.382 e. The molecule has 2 rings (SSSR count). The normalized spacial score (nSPS) is 16.9. The first-order chi connectivity index (χ1) is 13.5. The van der Waals surface area contributed by atoms with Gasteiger partial charge in [0.05, 0.1) is 4.90 Å². The van der Waals surface area contributed by atoms with Gasteiger partial charge in [0.15, 0.2) is 5.96 Å². The molecule has 1 saturated heterocycles. The Morgan fingerprint density at radius 3 is 2.57 bits per heavy atom. The molecule has 1 aromatic carbocycles. The molecule has 28 heavy (non-hydrogen) atoms. The van der Waals surface area contributed by atoms with E-state index in [9.17, 15) is 8.42 Å². The molecule has 0 unspecified atom stereocenters. The van der Waals surface area contributed by atoms with Crippen molar-refractivity contribution >= 4 is 16.0 Å². The van der Waals surface area contributed by atoms with Crippen LogP contribution in [0, 0.1) is 0 Å². The summed E-state index contributed by atoms with van der Waals surface area (Å²) < 4.78 is 33.1. The smallest absolute Gasteiger partial charge is 0.243 e. The Morgan fingerprint density at radius 2 is 1.89 bits per heavy atom. The van der Waals surface area contributed by atoms with Crippen molar-refractivity contribution < 1.29 is 13.2 Å². The fourth-order valence-corrected chi connectivity index (χ4v) is 4.64. The van der Waals surface area contributed by atoms with Gasteiger partial charge in [0.25, 0.3) is 0 Å². The quantitative estimate of drug-likeness (QED) is 0.354. The fourth-order valence-electron chi connectivity index (χ4n) is 2.99. The van der Waals surface area contributed by atoms with E-state index in [2.05, 4.69) is 20.5 Å². The third-order valence-electron chi connectivity index (χ3n) is 4.68. The summed E-state index contributed by atoms with van der Waals surface area (Å²) in [6, 6.07) is 7.16. The van der Waals surface area contributed by atoms with Crippen LogP contribution in [-0.4, -0.2) is 83.6 Å². The molecule has 158 valence electrons. The lowest BCUT2D eigenvalue weighted by molar-refractivity contribution is 0.145. The van der Waals surface area contributed by atoms with Crippen LogP contribution in [0.1, 0.15) is 18.9 Å². The van der Waals surface area contributed by atoms with Crippen LogP contribution in [0.5, 0.6) is 0 Å². The Bertz CT molecular complexity index is 731. The lowest BCUT2D eigenvalue weighted by Crippen LogP contribution is -2.47. The van der Waals surface area contributed by atoms with Crippen LogP contribution in [0.15, 0.2) is 34.2 Å². The standard InChI is InChI=1S/C19H33N5O3S/c1-4-27-15-7-10-21-19(20-2)22-16-17-8-5-6-9-18(17)28(25,26)24-13-11-23(3)12-14-24/h5-6,8-9H,4,7,10-16H2,1-3H3,(H2,20,21,22). The second kappa shape index (κ2) is 11.4. The molecule has 1 aliphatic rings. The molecule has 0 aromatic heterocycles. The van der Waals surface area contributed by atoms with Crippen molar-refractivity contribution in [2.75, 3.05) is 60.0 Å². The number of nitrogens with one attached hydrogen (secondary N) is 2.